The lowest BCUT2D eigenvalue weighted by Crippen LogP contribution is -2.36. The average molecular weight is 318 g/mol. The van der Waals surface area contributed by atoms with Crippen LogP contribution >= 0.6 is 12.4 Å². The number of phenolic OH excluding ortho intramolecular Hbond substituents is 2. The van der Waals surface area contributed by atoms with Gasteiger partial charge in [-0.2, -0.15) is 0 Å². The van der Waals surface area contributed by atoms with Crippen LogP contribution in [0.4, 0.5) is 0 Å². The van der Waals surface area contributed by atoms with E-state index in [9.17, 15) is 10.2 Å². The largest absolute Gasteiger partial charge is 0.504 e. The molecule has 2 N–H and O–H groups in total. The van der Waals surface area contributed by atoms with Gasteiger partial charge in [-0.3, -0.25) is 4.90 Å². The van der Waals surface area contributed by atoms with E-state index in [4.69, 9.17) is 0 Å². The van der Waals surface area contributed by atoms with Crippen molar-refractivity contribution >= 4 is 12.4 Å². The second-order valence-corrected chi connectivity index (χ2v) is 6.24. The van der Waals surface area contributed by atoms with E-state index in [1.165, 1.54) is 16.7 Å². The van der Waals surface area contributed by atoms with Gasteiger partial charge in [0.1, 0.15) is 0 Å². The quantitative estimate of drug-likeness (QED) is 0.730. The highest BCUT2D eigenvalue weighted by atomic mass is 35.5. The lowest BCUT2D eigenvalue weighted by atomic mass is 9.75. The zero-order valence-electron chi connectivity index (χ0n) is 12.8. The summed E-state index contributed by atoms with van der Waals surface area (Å²) in [5, 5.41) is 20.2. The van der Waals surface area contributed by atoms with E-state index in [2.05, 4.69) is 31.0 Å². The zero-order chi connectivity index (χ0) is 14.7. The van der Waals surface area contributed by atoms with Crippen LogP contribution in [0.1, 0.15) is 28.3 Å². The fourth-order valence-corrected chi connectivity index (χ4v) is 3.93. The maximum Gasteiger partial charge on any atom is 0.165 e. The smallest absolute Gasteiger partial charge is 0.165 e. The zero-order valence-corrected chi connectivity index (χ0v) is 13.6. The molecule has 1 aliphatic heterocycles. The van der Waals surface area contributed by atoms with Crippen molar-refractivity contribution in [2.24, 2.45) is 0 Å². The molecule has 0 radical (unpaired) electrons. The summed E-state index contributed by atoms with van der Waals surface area (Å²) in [5.74, 6) is -0.0177. The van der Waals surface area contributed by atoms with E-state index in [0.717, 1.165) is 36.1 Å². The summed E-state index contributed by atoms with van der Waals surface area (Å²) in [6, 6.07) is 8.14. The molecule has 1 aliphatic carbocycles. The Hall–Kier alpha value is -1.71. The molecule has 0 bridgehead atoms. The van der Waals surface area contributed by atoms with Gasteiger partial charge in [-0.15, -0.1) is 12.4 Å². The molecule has 116 valence electrons. The number of nitrogens with zero attached hydrogens (tertiary/aromatic N) is 1. The molecule has 22 heavy (non-hydrogen) atoms. The Bertz CT molecular complexity index is 757. The van der Waals surface area contributed by atoms with E-state index in [-0.39, 0.29) is 23.9 Å². The van der Waals surface area contributed by atoms with Gasteiger partial charge in [-0.25, -0.2) is 0 Å². The van der Waals surface area contributed by atoms with Crippen molar-refractivity contribution < 1.29 is 10.2 Å². The van der Waals surface area contributed by atoms with Crippen LogP contribution in [0.3, 0.4) is 0 Å². The van der Waals surface area contributed by atoms with E-state index in [1.807, 2.05) is 6.07 Å². The molecular formula is C18H20ClNO2. The Kier molecular flexibility index (Phi) is 3.58. The Morgan fingerprint density at radius 2 is 1.91 bits per heavy atom. The maximum atomic E-state index is 10.3. The SMILES string of the molecule is Cc1ccc2c3c1CCN(C)[C@@H]3Cc1ccc(O)c(O)c1-2.Cl. The Labute approximate surface area is 136 Å². The van der Waals surface area contributed by atoms with E-state index in [0.29, 0.717) is 6.04 Å². The van der Waals surface area contributed by atoms with Crippen molar-refractivity contribution in [3.8, 4) is 22.6 Å². The summed E-state index contributed by atoms with van der Waals surface area (Å²) in [6.07, 6.45) is 1.94. The highest BCUT2D eigenvalue weighted by molar-refractivity contribution is 5.85. The Morgan fingerprint density at radius 3 is 2.68 bits per heavy atom. The number of halogens is 1. The number of aryl methyl sites for hydroxylation is 1. The highest BCUT2D eigenvalue weighted by Crippen LogP contribution is 2.50. The average Bonchev–Trinajstić information content (AvgIpc) is 2.48. The van der Waals surface area contributed by atoms with E-state index in [1.54, 1.807) is 6.07 Å². The summed E-state index contributed by atoms with van der Waals surface area (Å²) < 4.78 is 0. The van der Waals surface area contributed by atoms with Crippen LogP contribution in [0.15, 0.2) is 24.3 Å². The molecule has 0 amide bonds. The minimum atomic E-state index is -0.0364. The number of hydrogen-bond acceptors (Lipinski definition) is 3. The molecule has 0 unspecified atom stereocenters. The van der Waals surface area contributed by atoms with Crippen molar-refractivity contribution in [1.82, 2.24) is 4.90 Å². The molecule has 0 spiro atoms. The van der Waals surface area contributed by atoms with Gasteiger partial charge < -0.3 is 10.2 Å². The molecule has 0 fully saturated rings. The van der Waals surface area contributed by atoms with Gasteiger partial charge in [0, 0.05) is 18.2 Å². The van der Waals surface area contributed by atoms with Crippen molar-refractivity contribution in [1.29, 1.82) is 0 Å². The van der Waals surface area contributed by atoms with Gasteiger partial charge in [0.25, 0.3) is 0 Å². The first-order chi connectivity index (χ1) is 10.1. The number of phenols is 2. The van der Waals surface area contributed by atoms with Gasteiger partial charge >= 0.3 is 0 Å². The lowest BCUT2D eigenvalue weighted by Gasteiger charge is -2.40. The van der Waals surface area contributed by atoms with Crippen molar-refractivity contribution in [2.45, 2.75) is 25.8 Å². The van der Waals surface area contributed by atoms with Crippen LogP contribution in [0.2, 0.25) is 0 Å². The molecule has 2 aliphatic rings. The van der Waals surface area contributed by atoms with Crippen LogP contribution in [-0.4, -0.2) is 28.7 Å². The van der Waals surface area contributed by atoms with Crippen LogP contribution < -0.4 is 0 Å². The number of aromatic hydroxyl groups is 2. The second-order valence-electron chi connectivity index (χ2n) is 6.24. The summed E-state index contributed by atoms with van der Waals surface area (Å²) >= 11 is 0. The molecule has 4 rings (SSSR count). The lowest BCUT2D eigenvalue weighted by molar-refractivity contribution is 0.227. The summed E-state index contributed by atoms with van der Waals surface area (Å²) in [6.45, 7) is 3.23. The van der Waals surface area contributed by atoms with Crippen molar-refractivity contribution in [3.63, 3.8) is 0 Å². The van der Waals surface area contributed by atoms with Crippen LogP contribution in [0, 0.1) is 6.92 Å². The number of hydrogen-bond donors (Lipinski definition) is 2. The predicted molar refractivity (Wildman–Crippen MR) is 90.0 cm³/mol. The fourth-order valence-electron chi connectivity index (χ4n) is 3.93. The Balaban J connectivity index is 0.00000144. The van der Waals surface area contributed by atoms with Crippen LogP contribution in [0.5, 0.6) is 11.5 Å². The minimum absolute atomic E-state index is 0. The van der Waals surface area contributed by atoms with Gasteiger partial charge in [0.2, 0.25) is 0 Å². The van der Waals surface area contributed by atoms with Gasteiger partial charge in [0.15, 0.2) is 11.5 Å². The standard InChI is InChI=1S/C18H19NO2.ClH/c1-10-3-5-13-16-11(4-6-15(20)18(16)21)9-14-17(13)12(10)7-8-19(14)2;/h3-6,14,20-21H,7-9H2,1-2H3;1H/t14-;/m1./s1. The third kappa shape index (κ3) is 1.93. The van der Waals surface area contributed by atoms with E-state index < -0.39 is 0 Å². The number of fused-ring (bicyclic) bond motifs is 2. The molecule has 1 heterocycles. The molecular weight excluding hydrogens is 298 g/mol. The third-order valence-corrected chi connectivity index (χ3v) is 5.10. The molecule has 4 heteroatoms. The highest BCUT2D eigenvalue weighted by Gasteiger charge is 2.34. The molecule has 0 saturated carbocycles. The van der Waals surface area contributed by atoms with Gasteiger partial charge in [-0.1, -0.05) is 18.2 Å². The molecule has 3 nitrogen and oxygen atoms in total. The Morgan fingerprint density at radius 1 is 1.14 bits per heavy atom. The number of rotatable bonds is 0. The third-order valence-electron chi connectivity index (χ3n) is 5.10. The van der Waals surface area contributed by atoms with Crippen LogP contribution in [0.25, 0.3) is 11.1 Å². The number of likely N-dealkylation sites (N-methyl/N-ethyl adjacent to an activating group) is 1. The molecule has 1 atom stereocenters. The summed E-state index contributed by atoms with van der Waals surface area (Å²) in [5.41, 5.74) is 7.11. The van der Waals surface area contributed by atoms with Gasteiger partial charge in [0.05, 0.1) is 0 Å². The molecule has 2 aromatic carbocycles. The molecule has 2 aromatic rings. The van der Waals surface area contributed by atoms with Gasteiger partial charge in [-0.05, 0) is 60.7 Å². The fraction of sp³-hybridized carbons (Fsp3) is 0.333. The normalized spacial score (nSPS) is 19.1. The predicted octanol–water partition coefficient (Wildman–Crippen LogP) is 3.58. The monoisotopic (exact) mass is 317 g/mol. The number of benzene rings is 2. The summed E-state index contributed by atoms with van der Waals surface area (Å²) in [4.78, 5) is 2.40. The first-order valence-electron chi connectivity index (χ1n) is 7.44. The van der Waals surface area contributed by atoms with Crippen LogP contribution in [-0.2, 0) is 12.8 Å². The second kappa shape index (κ2) is 5.18. The van der Waals surface area contributed by atoms with Crippen molar-refractivity contribution in [2.75, 3.05) is 13.6 Å². The van der Waals surface area contributed by atoms with Crippen molar-refractivity contribution in [3.05, 3.63) is 46.5 Å². The maximum absolute atomic E-state index is 10.3. The first kappa shape index (κ1) is 15.2. The first-order valence-corrected chi connectivity index (χ1v) is 7.44. The molecule has 0 aromatic heterocycles. The van der Waals surface area contributed by atoms with E-state index >= 15 is 0 Å². The molecule has 0 saturated heterocycles. The topological polar surface area (TPSA) is 43.7 Å². The summed E-state index contributed by atoms with van der Waals surface area (Å²) in [7, 11) is 2.17. The minimum Gasteiger partial charge on any atom is -0.504 e.